The average molecular weight is 232 g/mol. The number of hydrogen-bond donors (Lipinski definition) is 4. The van der Waals surface area contributed by atoms with Gasteiger partial charge in [-0.15, -0.1) is 0 Å². The zero-order valence-electron chi connectivity index (χ0n) is 9.80. The Morgan fingerprint density at radius 1 is 1.31 bits per heavy atom. The van der Waals surface area contributed by atoms with Crippen LogP contribution in [0.2, 0.25) is 0 Å². The third-order valence-electron chi connectivity index (χ3n) is 2.11. The highest BCUT2D eigenvalue weighted by Gasteiger charge is 2.27. The van der Waals surface area contributed by atoms with Gasteiger partial charge in [-0.25, -0.2) is 4.79 Å². The molecule has 1 amide bonds. The molecule has 0 aromatic carbocycles. The molecule has 0 aliphatic rings. The Bertz CT molecular complexity index is 253. The predicted octanol–water partition coefficient (Wildman–Crippen LogP) is -0.690. The van der Waals surface area contributed by atoms with Gasteiger partial charge < -0.3 is 21.3 Å². The summed E-state index contributed by atoms with van der Waals surface area (Å²) in [5.41, 5.74) is 5.58. The largest absolute Gasteiger partial charge is 0.480 e. The third kappa shape index (κ3) is 5.09. The number of nitrogens with one attached hydrogen (secondary N) is 1. The number of amides is 1. The van der Waals surface area contributed by atoms with Crippen LogP contribution in [0.25, 0.3) is 0 Å². The molecular weight excluding hydrogens is 212 g/mol. The van der Waals surface area contributed by atoms with Crippen molar-refractivity contribution in [1.82, 2.24) is 5.32 Å². The van der Waals surface area contributed by atoms with E-state index in [0.717, 1.165) is 0 Å². The fourth-order valence-corrected chi connectivity index (χ4v) is 1.26. The molecule has 0 bridgehead atoms. The second-order valence-corrected chi connectivity index (χ2v) is 4.30. The Labute approximate surface area is 94.8 Å². The topological polar surface area (TPSA) is 113 Å². The summed E-state index contributed by atoms with van der Waals surface area (Å²) in [5, 5.41) is 20.1. The Balaban J connectivity index is 4.35. The first-order valence-electron chi connectivity index (χ1n) is 5.22. The number of hydrogen-bond acceptors (Lipinski definition) is 4. The van der Waals surface area contributed by atoms with Crippen LogP contribution in [0.4, 0.5) is 0 Å². The smallest absolute Gasteiger partial charge is 0.328 e. The number of carbonyl (C=O) groups excluding carboxylic acids is 1. The van der Waals surface area contributed by atoms with Gasteiger partial charge in [0.25, 0.3) is 0 Å². The molecule has 94 valence electrons. The molecule has 0 fully saturated rings. The maximum absolute atomic E-state index is 11.5. The van der Waals surface area contributed by atoms with Gasteiger partial charge in [0.05, 0.1) is 12.1 Å². The van der Waals surface area contributed by atoms with Crippen molar-refractivity contribution in [3.05, 3.63) is 0 Å². The maximum atomic E-state index is 11.5. The number of aliphatic hydroxyl groups is 1. The molecule has 0 saturated carbocycles. The van der Waals surface area contributed by atoms with E-state index in [1.165, 1.54) is 6.92 Å². The molecule has 3 atom stereocenters. The normalized spacial score (nSPS) is 16.6. The monoisotopic (exact) mass is 232 g/mol. The van der Waals surface area contributed by atoms with Crippen LogP contribution in [-0.2, 0) is 9.59 Å². The van der Waals surface area contributed by atoms with E-state index in [4.69, 9.17) is 15.9 Å². The summed E-state index contributed by atoms with van der Waals surface area (Å²) in [7, 11) is 0. The summed E-state index contributed by atoms with van der Waals surface area (Å²) in [4.78, 5) is 22.2. The van der Waals surface area contributed by atoms with Crippen molar-refractivity contribution in [1.29, 1.82) is 0 Å². The lowest BCUT2D eigenvalue weighted by Crippen LogP contribution is -2.52. The molecule has 0 saturated heterocycles. The summed E-state index contributed by atoms with van der Waals surface area (Å²) in [5.74, 6) is -1.59. The highest BCUT2D eigenvalue weighted by atomic mass is 16.4. The summed E-state index contributed by atoms with van der Waals surface area (Å²) < 4.78 is 0. The number of aliphatic hydroxyl groups excluding tert-OH is 1. The molecule has 16 heavy (non-hydrogen) atoms. The Morgan fingerprint density at radius 3 is 2.12 bits per heavy atom. The SMILES string of the molecule is CC(C)C[C@H](N)C(=O)NC(C(=O)O)C(C)O. The molecule has 0 heterocycles. The second kappa shape index (κ2) is 6.44. The second-order valence-electron chi connectivity index (χ2n) is 4.30. The zero-order chi connectivity index (χ0) is 12.9. The highest BCUT2D eigenvalue weighted by molar-refractivity contribution is 5.87. The quantitative estimate of drug-likeness (QED) is 0.484. The van der Waals surface area contributed by atoms with Crippen molar-refractivity contribution in [3.8, 4) is 0 Å². The number of aliphatic carboxylic acids is 1. The van der Waals surface area contributed by atoms with Crippen LogP contribution >= 0.6 is 0 Å². The van der Waals surface area contributed by atoms with Crippen molar-refractivity contribution in [2.75, 3.05) is 0 Å². The van der Waals surface area contributed by atoms with Crippen LogP contribution in [0.5, 0.6) is 0 Å². The Hall–Kier alpha value is -1.14. The third-order valence-corrected chi connectivity index (χ3v) is 2.11. The average Bonchev–Trinajstić information content (AvgIpc) is 2.11. The fraction of sp³-hybridized carbons (Fsp3) is 0.800. The molecule has 0 spiro atoms. The van der Waals surface area contributed by atoms with Crippen LogP contribution in [0.3, 0.4) is 0 Å². The van der Waals surface area contributed by atoms with E-state index in [2.05, 4.69) is 5.32 Å². The molecular formula is C10H20N2O4. The Morgan fingerprint density at radius 2 is 1.81 bits per heavy atom. The van der Waals surface area contributed by atoms with E-state index in [9.17, 15) is 9.59 Å². The van der Waals surface area contributed by atoms with E-state index < -0.39 is 30.1 Å². The molecule has 6 nitrogen and oxygen atoms in total. The fourth-order valence-electron chi connectivity index (χ4n) is 1.26. The number of rotatable bonds is 6. The molecule has 2 unspecified atom stereocenters. The first kappa shape index (κ1) is 14.9. The summed E-state index contributed by atoms with van der Waals surface area (Å²) in [6.45, 7) is 5.13. The van der Waals surface area contributed by atoms with E-state index in [1.807, 2.05) is 13.8 Å². The number of nitrogens with two attached hydrogens (primary N) is 1. The molecule has 0 aromatic heterocycles. The van der Waals surface area contributed by atoms with Gasteiger partial charge in [0.1, 0.15) is 0 Å². The van der Waals surface area contributed by atoms with Crippen LogP contribution < -0.4 is 11.1 Å². The van der Waals surface area contributed by atoms with Gasteiger partial charge in [0, 0.05) is 0 Å². The van der Waals surface area contributed by atoms with Gasteiger partial charge in [0.2, 0.25) is 5.91 Å². The number of carbonyl (C=O) groups is 2. The molecule has 5 N–H and O–H groups in total. The van der Waals surface area contributed by atoms with Crippen molar-refractivity contribution in [3.63, 3.8) is 0 Å². The molecule has 6 heteroatoms. The lowest BCUT2D eigenvalue weighted by atomic mass is 10.0. The maximum Gasteiger partial charge on any atom is 0.328 e. The summed E-state index contributed by atoms with van der Waals surface area (Å²) in [6, 6.07) is -2.06. The Kier molecular flexibility index (Phi) is 5.98. The van der Waals surface area contributed by atoms with Crippen LogP contribution in [0, 0.1) is 5.92 Å². The van der Waals surface area contributed by atoms with Gasteiger partial charge in [0.15, 0.2) is 6.04 Å². The molecule has 0 aromatic rings. The van der Waals surface area contributed by atoms with E-state index in [1.54, 1.807) is 0 Å². The predicted molar refractivity (Wildman–Crippen MR) is 58.7 cm³/mol. The van der Waals surface area contributed by atoms with E-state index >= 15 is 0 Å². The van der Waals surface area contributed by atoms with Crippen LogP contribution in [0.1, 0.15) is 27.2 Å². The van der Waals surface area contributed by atoms with Gasteiger partial charge in [-0.05, 0) is 19.3 Å². The zero-order valence-corrected chi connectivity index (χ0v) is 9.80. The minimum atomic E-state index is -1.31. The standard InChI is InChI=1S/C10H20N2O4/c1-5(2)4-7(11)9(14)12-8(6(3)13)10(15)16/h5-8,13H,4,11H2,1-3H3,(H,12,14)(H,15,16)/t6?,7-,8?/m0/s1. The number of carboxylic acid groups (broad SMARTS) is 1. The lowest BCUT2D eigenvalue weighted by Gasteiger charge is -2.20. The van der Waals surface area contributed by atoms with Gasteiger partial charge in [-0.2, -0.15) is 0 Å². The molecule has 0 rings (SSSR count). The van der Waals surface area contributed by atoms with Gasteiger partial charge >= 0.3 is 5.97 Å². The van der Waals surface area contributed by atoms with Gasteiger partial charge in [-0.1, -0.05) is 13.8 Å². The highest BCUT2D eigenvalue weighted by Crippen LogP contribution is 2.03. The minimum absolute atomic E-state index is 0.246. The number of carboxylic acids is 1. The first-order chi connectivity index (χ1) is 7.25. The van der Waals surface area contributed by atoms with Crippen molar-refractivity contribution < 1.29 is 19.8 Å². The van der Waals surface area contributed by atoms with Crippen molar-refractivity contribution in [2.45, 2.75) is 45.4 Å². The molecule has 0 radical (unpaired) electrons. The molecule has 0 aliphatic heterocycles. The van der Waals surface area contributed by atoms with Crippen molar-refractivity contribution >= 4 is 11.9 Å². The first-order valence-corrected chi connectivity index (χ1v) is 5.22. The van der Waals surface area contributed by atoms with Crippen molar-refractivity contribution in [2.24, 2.45) is 11.7 Å². The van der Waals surface area contributed by atoms with E-state index in [-0.39, 0.29) is 5.92 Å². The van der Waals surface area contributed by atoms with Crippen LogP contribution in [0.15, 0.2) is 0 Å². The van der Waals surface area contributed by atoms with Gasteiger partial charge in [-0.3, -0.25) is 4.79 Å². The lowest BCUT2D eigenvalue weighted by molar-refractivity contribution is -0.145. The summed E-state index contributed by atoms with van der Waals surface area (Å²) >= 11 is 0. The molecule has 0 aliphatic carbocycles. The summed E-state index contributed by atoms with van der Waals surface area (Å²) in [6.07, 6.45) is -0.689. The minimum Gasteiger partial charge on any atom is -0.480 e. The van der Waals surface area contributed by atoms with Crippen LogP contribution in [-0.4, -0.2) is 40.3 Å². The van der Waals surface area contributed by atoms with E-state index in [0.29, 0.717) is 6.42 Å².